The van der Waals surface area contributed by atoms with Gasteiger partial charge in [-0.1, -0.05) is 11.8 Å². The molecule has 2 aromatic carbocycles. The van der Waals surface area contributed by atoms with E-state index in [4.69, 9.17) is 4.42 Å². The number of anilines is 2. The summed E-state index contributed by atoms with van der Waals surface area (Å²) in [6.45, 7) is 2.16. The van der Waals surface area contributed by atoms with Gasteiger partial charge in [0.25, 0.3) is 10.9 Å². The summed E-state index contributed by atoms with van der Waals surface area (Å²) in [4.78, 5) is 24.9. The monoisotopic (exact) mass is 439 g/mol. The van der Waals surface area contributed by atoms with Crippen molar-refractivity contribution >= 4 is 34.7 Å². The van der Waals surface area contributed by atoms with Crippen molar-refractivity contribution in [2.45, 2.75) is 24.5 Å². The van der Waals surface area contributed by atoms with Crippen molar-refractivity contribution in [1.29, 1.82) is 0 Å². The SMILES string of the molecule is O=C(CSc1nnc(-c2ccc([N+](=O)[O-])cc2)o1)Nc1ccc(N2CCCCC2)cc1. The quantitative estimate of drug-likeness (QED) is 0.328. The summed E-state index contributed by atoms with van der Waals surface area (Å²) in [5, 5.41) is 21.7. The lowest BCUT2D eigenvalue weighted by Crippen LogP contribution is -2.29. The second-order valence-corrected chi connectivity index (χ2v) is 8.04. The predicted octanol–water partition coefficient (Wildman–Crippen LogP) is 4.37. The van der Waals surface area contributed by atoms with Gasteiger partial charge in [-0.3, -0.25) is 14.9 Å². The van der Waals surface area contributed by atoms with E-state index in [0.717, 1.165) is 30.5 Å². The Labute approximate surface area is 183 Å². The molecule has 0 atom stereocenters. The molecule has 0 unspecified atom stereocenters. The van der Waals surface area contributed by atoms with Gasteiger partial charge in [0.15, 0.2) is 0 Å². The number of nitrogens with one attached hydrogen (secondary N) is 1. The molecule has 10 heteroatoms. The number of nitro benzene ring substituents is 1. The van der Waals surface area contributed by atoms with Crippen LogP contribution < -0.4 is 10.2 Å². The smallest absolute Gasteiger partial charge is 0.277 e. The van der Waals surface area contributed by atoms with Crippen molar-refractivity contribution in [1.82, 2.24) is 10.2 Å². The number of piperidine rings is 1. The highest BCUT2D eigenvalue weighted by molar-refractivity contribution is 7.99. The van der Waals surface area contributed by atoms with Crippen molar-refractivity contribution in [2.75, 3.05) is 29.1 Å². The highest BCUT2D eigenvalue weighted by Crippen LogP contribution is 2.25. The van der Waals surface area contributed by atoms with Gasteiger partial charge in [0.1, 0.15) is 0 Å². The minimum Gasteiger partial charge on any atom is -0.411 e. The molecule has 2 heterocycles. The first-order valence-electron chi connectivity index (χ1n) is 9.94. The molecule has 1 N–H and O–H groups in total. The Morgan fingerprint density at radius 1 is 1.06 bits per heavy atom. The molecule has 1 amide bonds. The molecule has 3 aromatic rings. The average molecular weight is 439 g/mol. The Bertz CT molecular complexity index is 1050. The highest BCUT2D eigenvalue weighted by Gasteiger charge is 2.14. The summed E-state index contributed by atoms with van der Waals surface area (Å²) in [7, 11) is 0. The van der Waals surface area contributed by atoms with Crippen molar-refractivity contribution in [2.24, 2.45) is 0 Å². The maximum absolute atomic E-state index is 12.3. The van der Waals surface area contributed by atoms with Crippen molar-refractivity contribution in [3.63, 3.8) is 0 Å². The summed E-state index contributed by atoms with van der Waals surface area (Å²) in [5.74, 6) is 0.187. The van der Waals surface area contributed by atoms with Crippen LogP contribution in [0.3, 0.4) is 0 Å². The number of rotatable bonds is 7. The third-order valence-electron chi connectivity index (χ3n) is 4.93. The molecule has 31 heavy (non-hydrogen) atoms. The van der Waals surface area contributed by atoms with Crippen LogP contribution in [0.1, 0.15) is 19.3 Å². The Morgan fingerprint density at radius 3 is 2.45 bits per heavy atom. The number of amides is 1. The fourth-order valence-corrected chi connectivity index (χ4v) is 3.91. The number of non-ortho nitro benzene ring substituents is 1. The maximum Gasteiger partial charge on any atom is 0.277 e. The van der Waals surface area contributed by atoms with Gasteiger partial charge in [0, 0.05) is 42.2 Å². The van der Waals surface area contributed by atoms with Gasteiger partial charge in [0.05, 0.1) is 10.7 Å². The minimum absolute atomic E-state index is 0.0153. The third kappa shape index (κ3) is 5.40. The second-order valence-electron chi connectivity index (χ2n) is 7.11. The molecule has 1 saturated heterocycles. The van der Waals surface area contributed by atoms with Gasteiger partial charge in [-0.25, -0.2) is 0 Å². The van der Waals surface area contributed by atoms with E-state index in [0.29, 0.717) is 5.56 Å². The average Bonchev–Trinajstić information content (AvgIpc) is 3.28. The summed E-state index contributed by atoms with van der Waals surface area (Å²) >= 11 is 1.13. The molecule has 4 rings (SSSR count). The molecule has 0 radical (unpaired) electrons. The number of nitrogens with zero attached hydrogens (tertiary/aromatic N) is 4. The molecule has 9 nitrogen and oxygen atoms in total. The molecule has 1 fully saturated rings. The Morgan fingerprint density at radius 2 is 1.77 bits per heavy atom. The van der Waals surface area contributed by atoms with E-state index in [9.17, 15) is 14.9 Å². The lowest BCUT2D eigenvalue weighted by molar-refractivity contribution is -0.384. The summed E-state index contributed by atoms with van der Waals surface area (Å²) in [6.07, 6.45) is 3.73. The predicted molar refractivity (Wildman–Crippen MR) is 118 cm³/mol. The number of hydrogen-bond donors (Lipinski definition) is 1. The Kier molecular flexibility index (Phi) is 6.46. The number of benzene rings is 2. The topological polar surface area (TPSA) is 114 Å². The van der Waals surface area contributed by atoms with Crippen LogP contribution in [0.25, 0.3) is 11.5 Å². The molecule has 0 saturated carbocycles. The van der Waals surface area contributed by atoms with Gasteiger partial charge in [-0.05, 0) is 55.7 Å². The third-order valence-corrected chi connectivity index (χ3v) is 5.75. The number of carbonyl (C=O) groups is 1. The van der Waals surface area contributed by atoms with Gasteiger partial charge < -0.3 is 14.6 Å². The molecule has 160 valence electrons. The number of hydrogen-bond acceptors (Lipinski definition) is 8. The normalized spacial score (nSPS) is 13.7. The van der Waals surface area contributed by atoms with E-state index in [1.807, 2.05) is 24.3 Å². The molecular formula is C21H21N5O4S. The van der Waals surface area contributed by atoms with Crippen LogP contribution in [0, 0.1) is 10.1 Å². The summed E-state index contributed by atoms with van der Waals surface area (Å²) in [5.41, 5.74) is 2.47. The van der Waals surface area contributed by atoms with E-state index in [1.165, 1.54) is 37.1 Å². The van der Waals surface area contributed by atoms with Gasteiger partial charge in [-0.2, -0.15) is 0 Å². The maximum atomic E-state index is 12.3. The van der Waals surface area contributed by atoms with Crippen molar-refractivity contribution < 1.29 is 14.1 Å². The first kappa shape index (κ1) is 20.9. The molecular weight excluding hydrogens is 418 g/mol. The fraction of sp³-hybridized carbons (Fsp3) is 0.286. The lowest BCUT2D eigenvalue weighted by Gasteiger charge is -2.28. The van der Waals surface area contributed by atoms with Gasteiger partial charge in [0.2, 0.25) is 11.8 Å². The molecule has 0 bridgehead atoms. The number of thioether (sulfide) groups is 1. The van der Waals surface area contributed by atoms with Crippen LogP contribution in [0.4, 0.5) is 17.1 Å². The van der Waals surface area contributed by atoms with Crippen LogP contribution in [0.2, 0.25) is 0 Å². The largest absolute Gasteiger partial charge is 0.411 e. The fourth-order valence-electron chi connectivity index (χ4n) is 3.34. The van der Waals surface area contributed by atoms with Crippen molar-refractivity contribution in [3.8, 4) is 11.5 Å². The van der Waals surface area contributed by atoms with Crippen LogP contribution in [0.5, 0.6) is 0 Å². The van der Waals surface area contributed by atoms with E-state index in [-0.39, 0.29) is 28.5 Å². The molecule has 0 aliphatic carbocycles. The molecule has 1 aliphatic heterocycles. The molecule has 1 aliphatic rings. The van der Waals surface area contributed by atoms with E-state index in [2.05, 4.69) is 20.4 Å². The lowest BCUT2D eigenvalue weighted by atomic mass is 10.1. The van der Waals surface area contributed by atoms with Crippen LogP contribution in [0.15, 0.2) is 58.2 Å². The summed E-state index contributed by atoms with van der Waals surface area (Å²) < 4.78 is 5.54. The molecule has 1 aromatic heterocycles. The van der Waals surface area contributed by atoms with Crippen LogP contribution in [-0.4, -0.2) is 39.9 Å². The first-order valence-corrected chi connectivity index (χ1v) is 10.9. The van der Waals surface area contributed by atoms with Gasteiger partial charge in [-0.15, -0.1) is 10.2 Å². The van der Waals surface area contributed by atoms with Crippen molar-refractivity contribution in [3.05, 3.63) is 58.6 Å². The Balaban J connectivity index is 1.28. The number of nitro groups is 1. The summed E-state index contributed by atoms with van der Waals surface area (Å²) in [6, 6.07) is 13.7. The first-order chi connectivity index (χ1) is 15.1. The molecule has 0 spiro atoms. The Hall–Kier alpha value is -3.40. The van der Waals surface area contributed by atoms with E-state index < -0.39 is 4.92 Å². The zero-order valence-electron chi connectivity index (χ0n) is 16.7. The second kappa shape index (κ2) is 9.61. The standard InChI is InChI=1S/C21H21N5O4S/c27-19(22-16-6-10-17(11-7-16)25-12-2-1-3-13-25)14-31-21-24-23-20(30-21)15-4-8-18(9-5-15)26(28)29/h4-11H,1-3,12-14H2,(H,22,27). The minimum atomic E-state index is -0.474. The van der Waals surface area contributed by atoms with Crippen LogP contribution >= 0.6 is 11.8 Å². The number of carbonyl (C=O) groups excluding carboxylic acids is 1. The highest BCUT2D eigenvalue weighted by atomic mass is 32.2. The van der Waals surface area contributed by atoms with Crippen LogP contribution in [-0.2, 0) is 4.79 Å². The number of aromatic nitrogens is 2. The zero-order valence-corrected chi connectivity index (χ0v) is 17.5. The van der Waals surface area contributed by atoms with Gasteiger partial charge >= 0.3 is 0 Å². The van der Waals surface area contributed by atoms with E-state index in [1.54, 1.807) is 12.1 Å². The zero-order chi connectivity index (χ0) is 21.6. The van der Waals surface area contributed by atoms with E-state index >= 15 is 0 Å².